The minimum absolute atomic E-state index is 0.439. The normalized spacial score (nSPS) is 11.2. The zero-order valence-electron chi connectivity index (χ0n) is 9.70. The van der Waals surface area contributed by atoms with E-state index in [0.717, 1.165) is 0 Å². The SMILES string of the molecule is CCCP(CCC)CCC.[Cl][Sn]([Cl])([Cl])[Cl]. The van der Waals surface area contributed by atoms with Gasteiger partial charge in [-0.3, -0.25) is 0 Å². The van der Waals surface area contributed by atoms with Crippen molar-refractivity contribution < 1.29 is 0 Å². The van der Waals surface area contributed by atoms with Crippen LogP contribution >= 0.6 is 43.6 Å². The Balaban J connectivity index is 0. The van der Waals surface area contributed by atoms with Crippen LogP contribution in [0.25, 0.3) is 0 Å². The first-order chi connectivity index (χ1) is 6.85. The molecular formula is C9H21Cl4PSn. The Bertz CT molecular complexity index is 110. The van der Waals surface area contributed by atoms with Crippen molar-refractivity contribution in [1.82, 2.24) is 0 Å². The van der Waals surface area contributed by atoms with E-state index in [9.17, 15) is 0 Å². The van der Waals surface area contributed by atoms with Gasteiger partial charge in [-0.2, -0.15) is 0 Å². The molecule has 0 aromatic rings. The van der Waals surface area contributed by atoms with Crippen LogP contribution in [-0.4, -0.2) is 32.4 Å². The van der Waals surface area contributed by atoms with Crippen LogP contribution in [0.5, 0.6) is 0 Å². The van der Waals surface area contributed by atoms with Crippen LogP contribution in [0, 0.1) is 0 Å². The average molecular weight is 421 g/mol. The monoisotopic (exact) mass is 420 g/mol. The molecule has 0 amide bonds. The maximum absolute atomic E-state index is 5.04. The number of hydrogen-bond donors (Lipinski definition) is 0. The summed E-state index contributed by atoms with van der Waals surface area (Å²) in [6.07, 6.45) is 8.72. The zero-order chi connectivity index (χ0) is 12.3. The average Bonchev–Trinajstić information content (AvgIpc) is 2.02. The van der Waals surface area contributed by atoms with Gasteiger partial charge in [0.1, 0.15) is 0 Å². The van der Waals surface area contributed by atoms with Crippen molar-refractivity contribution in [3.8, 4) is 0 Å². The predicted molar refractivity (Wildman–Crippen MR) is 81.6 cm³/mol. The third-order valence-corrected chi connectivity index (χ3v) is 4.86. The van der Waals surface area contributed by atoms with Crippen LogP contribution in [0.3, 0.4) is 0 Å². The molecule has 0 bridgehead atoms. The molecule has 0 heterocycles. The number of halogens is 4. The molecule has 0 saturated carbocycles. The minimum atomic E-state index is -3.29. The topological polar surface area (TPSA) is 0 Å². The number of hydrogen-bond acceptors (Lipinski definition) is 0. The first-order valence-electron chi connectivity index (χ1n) is 5.33. The Labute approximate surface area is 115 Å². The van der Waals surface area contributed by atoms with E-state index in [1.807, 2.05) is 0 Å². The Kier molecular flexibility index (Phi) is 16.9. The molecule has 0 nitrogen and oxygen atoms in total. The summed E-state index contributed by atoms with van der Waals surface area (Å²) >= 11 is -3.29. The van der Waals surface area contributed by atoms with Crippen LogP contribution < -0.4 is 0 Å². The van der Waals surface area contributed by atoms with Gasteiger partial charge in [-0.25, -0.2) is 0 Å². The maximum atomic E-state index is 5.04. The summed E-state index contributed by atoms with van der Waals surface area (Å²) < 4.78 is 0. The van der Waals surface area contributed by atoms with Crippen LogP contribution in [0.4, 0.5) is 0 Å². The van der Waals surface area contributed by atoms with Gasteiger partial charge < -0.3 is 0 Å². The van der Waals surface area contributed by atoms with Gasteiger partial charge in [0.05, 0.1) is 0 Å². The van der Waals surface area contributed by atoms with Crippen LogP contribution in [-0.2, 0) is 0 Å². The summed E-state index contributed by atoms with van der Waals surface area (Å²) in [6, 6.07) is 0. The molecule has 0 fully saturated rings. The first kappa shape index (κ1) is 19.7. The van der Waals surface area contributed by atoms with Gasteiger partial charge in [-0.05, 0) is 18.5 Å². The fourth-order valence-electron chi connectivity index (χ4n) is 1.28. The Morgan fingerprint density at radius 3 is 1.07 bits per heavy atom. The van der Waals surface area contributed by atoms with E-state index in [1.165, 1.54) is 37.7 Å². The molecule has 0 N–H and O–H groups in total. The van der Waals surface area contributed by atoms with Gasteiger partial charge in [-0.15, -0.1) is 7.92 Å². The van der Waals surface area contributed by atoms with Crippen molar-refractivity contribution in [2.24, 2.45) is 0 Å². The number of rotatable bonds is 6. The van der Waals surface area contributed by atoms with Crippen molar-refractivity contribution in [3.63, 3.8) is 0 Å². The molecule has 0 atom stereocenters. The van der Waals surface area contributed by atoms with Crippen molar-refractivity contribution in [2.45, 2.75) is 40.0 Å². The van der Waals surface area contributed by atoms with E-state index < -0.39 is 13.9 Å². The molecule has 0 aromatic heterocycles. The van der Waals surface area contributed by atoms with Gasteiger partial charge in [0.15, 0.2) is 0 Å². The fourth-order valence-corrected chi connectivity index (χ4v) is 3.85. The van der Waals surface area contributed by atoms with Gasteiger partial charge in [0, 0.05) is 0 Å². The van der Waals surface area contributed by atoms with Crippen LogP contribution in [0.15, 0.2) is 0 Å². The molecule has 0 spiro atoms. The molecule has 94 valence electrons. The predicted octanol–water partition coefficient (Wildman–Crippen LogP) is 6.08. The molecule has 0 unspecified atom stereocenters. The third kappa shape index (κ3) is 26.2. The van der Waals surface area contributed by atoms with E-state index >= 15 is 0 Å². The van der Waals surface area contributed by atoms with E-state index in [-0.39, 0.29) is 0 Å². The summed E-state index contributed by atoms with van der Waals surface area (Å²) in [5, 5.41) is 0. The van der Waals surface area contributed by atoms with Gasteiger partial charge in [-0.1, -0.05) is 40.0 Å². The first-order valence-corrected chi connectivity index (χ1v) is 21.7. The summed E-state index contributed by atoms with van der Waals surface area (Å²) in [4.78, 5) is 0. The summed E-state index contributed by atoms with van der Waals surface area (Å²) in [6.45, 7) is 6.92. The van der Waals surface area contributed by atoms with E-state index in [0.29, 0.717) is 7.92 Å². The summed E-state index contributed by atoms with van der Waals surface area (Å²) in [5.74, 6) is 0. The quantitative estimate of drug-likeness (QED) is 0.361. The summed E-state index contributed by atoms with van der Waals surface area (Å²) in [7, 11) is 20.6. The van der Waals surface area contributed by atoms with Crippen molar-refractivity contribution in [2.75, 3.05) is 18.5 Å². The second-order valence-electron chi connectivity index (χ2n) is 3.27. The van der Waals surface area contributed by atoms with Gasteiger partial charge in [0.25, 0.3) is 0 Å². The van der Waals surface area contributed by atoms with E-state index in [2.05, 4.69) is 20.8 Å². The molecule has 0 aromatic carbocycles. The summed E-state index contributed by atoms with van der Waals surface area (Å²) in [5.41, 5.74) is 0. The van der Waals surface area contributed by atoms with Crippen LogP contribution in [0.1, 0.15) is 40.0 Å². The molecule has 0 saturated heterocycles. The molecule has 0 aliphatic rings. The Hall–Kier alpha value is 2.39. The van der Waals surface area contributed by atoms with E-state index in [1.54, 1.807) is 0 Å². The molecule has 15 heavy (non-hydrogen) atoms. The fraction of sp³-hybridized carbons (Fsp3) is 1.00. The van der Waals surface area contributed by atoms with Crippen molar-refractivity contribution in [1.29, 1.82) is 0 Å². The van der Waals surface area contributed by atoms with Crippen LogP contribution in [0.2, 0.25) is 0 Å². The molecule has 0 rings (SSSR count). The molecule has 6 heteroatoms. The van der Waals surface area contributed by atoms with Gasteiger partial charge in [0.2, 0.25) is 0 Å². The Morgan fingerprint density at radius 2 is 0.933 bits per heavy atom. The molecule has 0 aliphatic heterocycles. The molecule has 0 aliphatic carbocycles. The third-order valence-electron chi connectivity index (χ3n) is 1.62. The van der Waals surface area contributed by atoms with E-state index in [4.69, 9.17) is 35.7 Å². The van der Waals surface area contributed by atoms with Gasteiger partial charge >= 0.3 is 49.6 Å². The second-order valence-corrected chi connectivity index (χ2v) is 31.4. The Morgan fingerprint density at radius 1 is 0.733 bits per heavy atom. The molecule has 0 radical (unpaired) electrons. The van der Waals surface area contributed by atoms with Crippen molar-refractivity contribution in [3.05, 3.63) is 0 Å². The standard InChI is InChI=1S/C9H21P.4ClH.Sn/c1-4-7-10(8-5-2)9-6-3;;;;;/h4-9H2,1-3H3;4*1H;/q;;;;;+4/p-4. The second kappa shape index (κ2) is 12.8. The molecular weight excluding hydrogens is 400 g/mol. The zero-order valence-corrected chi connectivity index (χ0v) is 16.5. The van der Waals surface area contributed by atoms with Crippen molar-refractivity contribution >= 4 is 57.5 Å².